The maximum Gasteiger partial charge on any atom is 0.0540 e. The van der Waals surface area contributed by atoms with Crippen LogP contribution in [0.4, 0.5) is 34.1 Å². The molecule has 0 spiro atoms. The Kier molecular flexibility index (Phi) is 7.56. The molecule has 10 rings (SSSR count). The molecule has 0 atom stereocenters. The van der Waals surface area contributed by atoms with Crippen molar-refractivity contribution in [2.45, 2.75) is 0 Å². The molecule has 4 heteroatoms. The summed E-state index contributed by atoms with van der Waals surface area (Å²) in [5.41, 5.74) is 9.25. The maximum absolute atomic E-state index is 2.41. The minimum atomic E-state index is 1.13. The summed E-state index contributed by atoms with van der Waals surface area (Å²) in [6.45, 7) is 0. The second-order valence-electron chi connectivity index (χ2n) is 13.0. The molecule has 52 heavy (non-hydrogen) atoms. The highest BCUT2D eigenvalue weighted by Crippen LogP contribution is 2.46. The van der Waals surface area contributed by atoms with Gasteiger partial charge in [-0.15, -0.1) is 22.7 Å². The molecule has 0 aliphatic carbocycles. The van der Waals surface area contributed by atoms with Gasteiger partial charge in [0.1, 0.15) is 0 Å². The van der Waals surface area contributed by atoms with Crippen LogP contribution in [0.25, 0.3) is 51.5 Å². The fraction of sp³-hybridized carbons (Fsp3) is 0. The largest absolute Gasteiger partial charge is 0.310 e. The first-order chi connectivity index (χ1) is 25.8. The lowest BCUT2D eigenvalue weighted by Crippen LogP contribution is -2.11. The van der Waals surface area contributed by atoms with Crippen LogP contribution in [-0.4, -0.2) is 0 Å². The number of nitrogens with zero attached hydrogens (tertiary/aromatic N) is 2. The van der Waals surface area contributed by atoms with Crippen molar-refractivity contribution in [3.63, 3.8) is 0 Å². The van der Waals surface area contributed by atoms with Gasteiger partial charge in [-0.2, -0.15) is 0 Å². The Balaban J connectivity index is 1.10. The molecule has 0 amide bonds. The number of rotatable bonds is 7. The standard InChI is InChI=1S/C48H32N2S2/c1-4-14-34(15-5-1)49(35-16-6-2-7-17-35)37-25-28-47-43(31-37)41-27-24-33(30-48(41)52-47)39-20-10-12-22-44(39)50(36-18-8-3-9-19-36)38-26-29-46-42(32-38)40-21-11-13-23-45(40)51-46/h1-32H. The Labute approximate surface area is 310 Å². The van der Waals surface area contributed by atoms with Crippen LogP contribution in [0.15, 0.2) is 194 Å². The molecule has 0 saturated heterocycles. The van der Waals surface area contributed by atoms with Gasteiger partial charge in [0.25, 0.3) is 0 Å². The second-order valence-corrected chi connectivity index (χ2v) is 15.1. The zero-order valence-corrected chi connectivity index (χ0v) is 29.8. The molecule has 0 unspecified atom stereocenters. The molecule has 0 bridgehead atoms. The van der Waals surface area contributed by atoms with Crippen LogP contribution in [0.5, 0.6) is 0 Å². The summed E-state index contributed by atoms with van der Waals surface area (Å²) in [5.74, 6) is 0. The molecular weight excluding hydrogens is 669 g/mol. The highest BCUT2D eigenvalue weighted by atomic mass is 32.1. The molecule has 2 nitrogen and oxygen atoms in total. The van der Waals surface area contributed by atoms with Gasteiger partial charge >= 0.3 is 0 Å². The van der Waals surface area contributed by atoms with Crippen molar-refractivity contribution in [3.05, 3.63) is 194 Å². The minimum absolute atomic E-state index is 1.13. The summed E-state index contributed by atoms with van der Waals surface area (Å²) in [6.07, 6.45) is 0. The fourth-order valence-electron chi connectivity index (χ4n) is 7.44. The van der Waals surface area contributed by atoms with Crippen molar-refractivity contribution < 1.29 is 0 Å². The van der Waals surface area contributed by atoms with E-state index in [9.17, 15) is 0 Å². The van der Waals surface area contributed by atoms with E-state index in [4.69, 9.17) is 0 Å². The third kappa shape index (κ3) is 5.32. The van der Waals surface area contributed by atoms with Gasteiger partial charge in [0.15, 0.2) is 0 Å². The Morgan fingerprint density at radius 3 is 1.42 bits per heavy atom. The van der Waals surface area contributed by atoms with Crippen LogP contribution >= 0.6 is 22.7 Å². The number of hydrogen-bond acceptors (Lipinski definition) is 4. The summed E-state index contributed by atoms with van der Waals surface area (Å²) in [6, 6.07) is 70.3. The monoisotopic (exact) mass is 700 g/mol. The van der Waals surface area contributed by atoms with E-state index in [2.05, 4.69) is 204 Å². The van der Waals surface area contributed by atoms with E-state index < -0.39 is 0 Å². The van der Waals surface area contributed by atoms with E-state index in [1.54, 1.807) is 0 Å². The second kappa shape index (κ2) is 12.8. The predicted molar refractivity (Wildman–Crippen MR) is 227 cm³/mol. The van der Waals surface area contributed by atoms with Crippen LogP contribution in [0, 0.1) is 0 Å². The zero-order valence-electron chi connectivity index (χ0n) is 28.2. The summed E-state index contributed by atoms with van der Waals surface area (Å²) >= 11 is 3.72. The van der Waals surface area contributed by atoms with Gasteiger partial charge < -0.3 is 9.80 Å². The SMILES string of the molecule is c1ccc(N(c2ccccc2)c2ccc3sc4cc(-c5ccccc5N(c5ccccc5)c5ccc6sc7ccccc7c6c5)ccc4c3c2)cc1. The van der Waals surface area contributed by atoms with Crippen LogP contribution < -0.4 is 9.80 Å². The van der Waals surface area contributed by atoms with Crippen molar-refractivity contribution >= 4 is 97.1 Å². The zero-order chi connectivity index (χ0) is 34.4. The smallest absolute Gasteiger partial charge is 0.0540 e. The van der Waals surface area contributed by atoms with Gasteiger partial charge in [0, 0.05) is 74.3 Å². The molecule has 0 aliphatic heterocycles. The lowest BCUT2D eigenvalue weighted by Gasteiger charge is -2.28. The highest BCUT2D eigenvalue weighted by Gasteiger charge is 2.20. The topological polar surface area (TPSA) is 6.48 Å². The van der Waals surface area contributed by atoms with Crippen LogP contribution in [-0.2, 0) is 0 Å². The van der Waals surface area contributed by atoms with E-state index in [-0.39, 0.29) is 0 Å². The van der Waals surface area contributed by atoms with Crippen molar-refractivity contribution in [2.24, 2.45) is 0 Å². The normalized spacial score (nSPS) is 11.5. The molecular formula is C48H32N2S2. The van der Waals surface area contributed by atoms with E-state index in [0.29, 0.717) is 0 Å². The quantitative estimate of drug-likeness (QED) is 0.163. The first-order valence-electron chi connectivity index (χ1n) is 17.5. The number of benzene rings is 8. The Bertz CT molecular complexity index is 2820. The lowest BCUT2D eigenvalue weighted by atomic mass is 10.00. The molecule has 10 aromatic rings. The molecule has 0 N–H and O–H groups in total. The molecule has 2 heterocycles. The van der Waals surface area contributed by atoms with Crippen molar-refractivity contribution in [3.8, 4) is 11.1 Å². The van der Waals surface area contributed by atoms with Gasteiger partial charge in [0.05, 0.1) is 5.69 Å². The average molecular weight is 701 g/mol. The first-order valence-corrected chi connectivity index (χ1v) is 19.1. The molecule has 2 aromatic heterocycles. The third-order valence-electron chi connectivity index (χ3n) is 9.83. The van der Waals surface area contributed by atoms with Gasteiger partial charge in [0.2, 0.25) is 0 Å². The molecule has 246 valence electrons. The lowest BCUT2D eigenvalue weighted by molar-refractivity contribution is 1.29. The number of hydrogen-bond donors (Lipinski definition) is 0. The Hall–Kier alpha value is -6.20. The number of para-hydroxylation sites is 4. The van der Waals surface area contributed by atoms with Crippen molar-refractivity contribution in [1.29, 1.82) is 0 Å². The molecule has 0 aliphatic rings. The number of fused-ring (bicyclic) bond motifs is 6. The number of anilines is 6. The van der Waals surface area contributed by atoms with E-state index in [0.717, 1.165) is 34.1 Å². The van der Waals surface area contributed by atoms with Crippen molar-refractivity contribution in [2.75, 3.05) is 9.80 Å². The van der Waals surface area contributed by atoms with Crippen molar-refractivity contribution in [1.82, 2.24) is 0 Å². The van der Waals surface area contributed by atoms with Gasteiger partial charge in [-0.1, -0.05) is 103 Å². The van der Waals surface area contributed by atoms with E-state index in [1.165, 1.54) is 51.5 Å². The molecule has 0 radical (unpaired) electrons. The summed E-state index contributed by atoms with van der Waals surface area (Å²) in [4.78, 5) is 4.74. The Morgan fingerprint density at radius 2 is 0.769 bits per heavy atom. The molecule has 0 saturated carbocycles. The third-order valence-corrected chi connectivity index (χ3v) is 12.1. The molecule has 0 fully saturated rings. The predicted octanol–water partition coefficient (Wildman–Crippen LogP) is 15.0. The minimum Gasteiger partial charge on any atom is -0.310 e. The maximum atomic E-state index is 2.41. The summed E-state index contributed by atoms with van der Waals surface area (Å²) in [7, 11) is 0. The molecule has 8 aromatic carbocycles. The average Bonchev–Trinajstić information content (AvgIpc) is 3.77. The van der Waals surface area contributed by atoms with E-state index in [1.807, 2.05) is 22.7 Å². The Morgan fingerprint density at radius 1 is 0.288 bits per heavy atom. The summed E-state index contributed by atoms with van der Waals surface area (Å²) < 4.78 is 5.19. The number of thiophene rings is 2. The van der Waals surface area contributed by atoms with Crippen LogP contribution in [0.1, 0.15) is 0 Å². The van der Waals surface area contributed by atoms with Gasteiger partial charge in [-0.05, 0) is 96.6 Å². The van der Waals surface area contributed by atoms with Crippen LogP contribution in [0.2, 0.25) is 0 Å². The van der Waals surface area contributed by atoms with Gasteiger partial charge in [-0.3, -0.25) is 0 Å². The van der Waals surface area contributed by atoms with E-state index >= 15 is 0 Å². The first kappa shape index (κ1) is 30.6. The van der Waals surface area contributed by atoms with Crippen LogP contribution in [0.3, 0.4) is 0 Å². The summed E-state index contributed by atoms with van der Waals surface area (Å²) in [5, 5.41) is 5.15. The highest BCUT2D eigenvalue weighted by molar-refractivity contribution is 7.26. The fourth-order valence-corrected chi connectivity index (χ4v) is 9.66. The van der Waals surface area contributed by atoms with Gasteiger partial charge in [-0.25, -0.2) is 0 Å².